The van der Waals surface area contributed by atoms with Crippen LogP contribution in [-0.4, -0.2) is 4.92 Å². The van der Waals surface area contributed by atoms with Gasteiger partial charge in [-0.2, -0.15) is 0 Å². The van der Waals surface area contributed by atoms with Crippen molar-refractivity contribution in [1.29, 1.82) is 0 Å². The second-order valence-electron chi connectivity index (χ2n) is 3.85. The molecule has 0 radical (unpaired) electrons. The number of halogens is 2. The zero-order chi connectivity index (χ0) is 13.8. The molecular formula is C14H9BrINO2. The quantitative estimate of drug-likeness (QED) is 0.288. The number of nitro groups is 1. The van der Waals surface area contributed by atoms with Gasteiger partial charge in [-0.3, -0.25) is 10.1 Å². The molecule has 0 unspecified atom stereocenters. The molecule has 0 saturated carbocycles. The Hall–Kier alpha value is -1.21. The van der Waals surface area contributed by atoms with E-state index in [0.29, 0.717) is 0 Å². The van der Waals surface area contributed by atoms with E-state index in [1.165, 1.54) is 12.1 Å². The normalized spacial score (nSPS) is 11.4. The molecule has 2 aromatic rings. The van der Waals surface area contributed by atoms with Crippen LogP contribution in [0.5, 0.6) is 0 Å². The summed E-state index contributed by atoms with van der Waals surface area (Å²) in [7, 11) is 0. The van der Waals surface area contributed by atoms with Gasteiger partial charge in [0.2, 0.25) is 0 Å². The summed E-state index contributed by atoms with van der Waals surface area (Å²) in [6.45, 7) is 0. The summed E-state index contributed by atoms with van der Waals surface area (Å²) >= 11 is 5.62. The van der Waals surface area contributed by atoms with E-state index in [-0.39, 0.29) is 5.69 Å². The predicted octanol–water partition coefficient (Wildman–Crippen LogP) is 5.29. The first-order valence-electron chi connectivity index (χ1n) is 5.44. The highest BCUT2D eigenvalue weighted by Gasteiger charge is 2.05. The maximum absolute atomic E-state index is 10.6. The number of nitrogens with zero attached hydrogens (tertiary/aromatic N) is 1. The first kappa shape index (κ1) is 14.2. The van der Waals surface area contributed by atoms with Crippen LogP contribution in [0.2, 0.25) is 0 Å². The van der Waals surface area contributed by atoms with Crippen molar-refractivity contribution in [2.24, 2.45) is 0 Å². The lowest BCUT2D eigenvalue weighted by Gasteiger charge is -2.01. The van der Waals surface area contributed by atoms with Gasteiger partial charge in [0.05, 0.1) is 4.92 Å². The largest absolute Gasteiger partial charge is 0.269 e. The summed E-state index contributed by atoms with van der Waals surface area (Å²) in [4.78, 5) is 10.2. The predicted molar refractivity (Wildman–Crippen MR) is 89.1 cm³/mol. The molecule has 0 amide bonds. The summed E-state index contributed by atoms with van der Waals surface area (Å²) in [5.74, 6) is 0. The van der Waals surface area contributed by atoms with Crippen molar-refractivity contribution in [3.8, 4) is 0 Å². The van der Waals surface area contributed by atoms with Crippen LogP contribution in [0.1, 0.15) is 11.1 Å². The van der Waals surface area contributed by atoms with Gasteiger partial charge in [0, 0.05) is 20.2 Å². The highest BCUT2D eigenvalue weighted by molar-refractivity contribution is 14.1. The summed E-state index contributed by atoms with van der Waals surface area (Å²) < 4.78 is 2.07. The van der Waals surface area contributed by atoms with Crippen LogP contribution in [0.15, 0.2) is 53.0 Å². The molecule has 0 aliphatic heterocycles. The van der Waals surface area contributed by atoms with E-state index in [2.05, 4.69) is 38.5 Å². The maximum atomic E-state index is 10.6. The second kappa shape index (κ2) is 6.29. The first-order valence-corrected chi connectivity index (χ1v) is 7.31. The van der Waals surface area contributed by atoms with Gasteiger partial charge in [0.1, 0.15) is 0 Å². The van der Waals surface area contributed by atoms with E-state index in [1.807, 2.05) is 30.3 Å². The first-order chi connectivity index (χ1) is 9.06. The average Bonchev–Trinajstić information content (AvgIpc) is 2.41. The molecule has 0 atom stereocenters. The van der Waals surface area contributed by atoms with E-state index < -0.39 is 4.92 Å². The van der Waals surface area contributed by atoms with Gasteiger partial charge in [-0.1, -0.05) is 28.1 Å². The third kappa shape index (κ3) is 3.87. The Balaban J connectivity index is 2.25. The van der Waals surface area contributed by atoms with Gasteiger partial charge in [-0.05, 0) is 64.1 Å². The smallest absolute Gasteiger partial charge is 0.258 e. The van der Waals surface area contributed by atoms with Crippen molar-refractivity contribution < 1.29 is 4.92 Å². The van der Waals surface area contributed by atoms with Gasteiger partial charge >= 0.3 is 0 Å². The van der Waals surface area contributed by atoms with Crippen LogP contribution in [0.4, 0.5) is 5.69 Å². The molecule has 2 aromatic carbocycles. The Labute approximate surface area is 132 Å². The fraction of sp³-hybridized carbons (Fsp3) is 0. The molecule has 0 bridgehead atoms. The Bertz CT molecular complexity index is 621. The van der Waals surface area contributed by atoms with E-state index in [0.717, 1.165) is 19.2 Å². The van der Waals surface area contributed by atoms with E-state index in [9.17, 15) is 10.1 Å². The van der Waals surface area contributed by atoms with Crippen LogP contribution in [0.3, 0.4) is 0 Å². The molecule has 0 aliphatic carbocycles. The molecule has 0 saturated heterocycles. The molecule has 5 heteroatoms. The third-order valence-corrected chi connectivity index (χ3v) is 3.98. The lowest BCUT2D eigenvalue weighted by atomic mass is 10.1. The fourth-order valence-corrected chi connectivity index (χ4v) is 2.51. The van der Waals surface area contributed by atoms with Crippen LogP contribution in [0.25, 0.3) is 9.66 Å². The Morgan fingerprint density at radius 1 is 1.11 bits per heavy atom. The van der Waals surface area contributed by atoms with Crippen LogP contribution in [-0.2, 0) is 0 Å². The molecule has 0 aromatic heterocycles. The minimum absolute atomic E-state index is 0.108. The summed E-state index contributed by atoms with van der Waals surface area (Å²) in [5.41, 5.74) is 2.16. The Morgan fingerprint density at radius 2 is 1.68 bits per heavy atom. The van der Waals surface area contributed by atoms with Crippen molar-refractivity contribution in [2.75, 3.05) is 0 Å². The van der Waals surface area contributed by atoms with Crippen molar-refractivity contribution in [1.82, 2.24) is 0 Å². The minimum Gasteiger partial charge on any atom is -0.258 e. The number of nitro benzene ring substituents is 1. The van der Waals surface area contributed by atoms with Gasteiger partial charge < -0.3 is 0 Å². The van der Waals surface area contributed by atoms with E-state index in [4.69, 9.17) is 0 Å². The summed E-state index contributed by atoms with van der Waals surface area (Å²) in [5, 5.41) is 10.6. The number of benzene rings is 2. The highest BCUT2D eigenvalue weighted by Crippen LogP contribution is 2.26. The number of rotatable bonds is 3. The van der Waals surface area contributed by atoms with Crippen LogP contribution < -0.4 is 0 Å². The number of non-ortho nitro benzene ring substituents is 1. The third-order valence-electron chi connectivity index (χ3n) is 2.52. The average molecular weight is 430 g/mol. The standard InChI is InChI=1S/C14H9BrINO2/c15-12-5-1-10(2-6-12)9-14(16)11-3-7-13(8-4-11)17(18)19/h1-9H/b14-9+. The van der Waals surface area contributed by atoms with Gasteiger partial charge in [-0.15, -0.1) is 0 Å². The van der Waals surface area contributed by atoms with Gasteiger partial charge in [-0.25, -0.2) is 0 Å². The highest BCUT2D eigenvalue weighted by atomic mass is 127. The minimum atomic E-state index is -0.394. The summed E-state index contributed by atoms with van der Waals surface area (Å²) in [6, 6.07) is 14.5. The van der Waals surface area contributed by atoms with Crippen LogP contribution in [0, 0.1) is 10.1 Å². The topological polar surface area (TPSA) is 43.1 Å². The zero-order valence-corrected chi connectivity index (χ0v) is 13.5. The monoisotopic (exact) mass is 429 g/mol. The number of hydrogen-bond acceptors (Lipinski definition) is 2. The van der Waals surface area contributed by atoms with E-state index >= 15 is 0 Å². The lowest BCUT2D eigenvalue weighted by Crippen LogP contribution is -1.87. The van der Waals surface area contributed by atoms with Crippen molar-refractivity contribution in [3.63, 3.8) is 0 Å². The molecule has 96 valence electrons. The molecular weight excluding hydrogens is 421 g/mol. The molecule has 0 fully saturated rings. The van der Waals surface area contributed by atoms with Crippen molar-refractivity contribution >= 4 is 53.9 Å². The Morgan fingerprint density at radius 3 is 2.21 bits per heavy atom. The van der Waals surface area contributed by atoms with Crippen molar-refractivity contribution in [3.05, 3.63) is 74.2 Å². The Kier molecular flexibility index (Phi) is 4.71. The summed E-state index contributed by atoms with van der Waals surface area (Å²) in [6.07, 6.45) is 2.04. The SMILES string of the molecule is O=[N+]([O-])c1ccc(/C(I)=C\c2ccc(Br)cc2)cc1. The molecule has 2 rings (SSSR count). The molecule has 0 heterocycles. The van der Waals surface area contributed by atoms with Gasteiger partial charge in [0.25, 0.3) is 5.69 Å². The lowest BCUT2D eigenvalue weighted by molar-refractivity contribution is -0.384. The van der Waals surface area contributed by atoms with E-state index in [1.54, 1.807) is 12.1 Å². The molecule has 0 aliphatic rings. The van der Waals surface area contributed by atoms with Gasteiger partial charge in [0.15, 0.2) is 0 Å². The molecule has 19 heavy (non-hydrogen) atoms. The molecule has 0 N–H and O–H groups in total. The van der Waals surface area contributed by atoms with Crippen molar-refractivity contribution in [2.45, 2.75) is 0 Å². The second-order valence-corrected chi connectivity index (χ2v) is 5.93. The number of hydrogen-bond donors (Lipinski definition) is 0. The molecule has 0 spiro atoms. The fourth-order valence-electron chi connectivity index (χ4n) is 1.53. The molecule has 3 nitrogen and oxygen atoms in total. The maximum Gasteiger partial charge on any atom is 0.269 e. The van der Waals surface area contributed by atoms with Crippen LogP contribution >= 0.6 is 38.5 Å². The zero-order valence-electron chi connectivity index (χ0n) is 9.72.